The van der Waals surface area contributed by atoms with Crippen molar-refractivity contribution in [2.45, 2.75) is 24.0 Å². The van der Waals surface area contributed by atoms with Crippen LogP contribution >= 0.6 is 0 Å². The van der Waals surface area contributed by atoms with E-state index >= 15 is 0 Å². The quantitative estimate of drug-likeness (QED) is 0.785. The van der Waals surface area contributed by atoms with Crippen LogP contribution in [0.5, 0.6) is 0 Å². The Bertz CT molecular complexity index is 1030. The molecule has 3 aliphatic rings. The molecule has 3 aliphatic heterocycles. The lowest BCUT2D eigenvalue weighted by atomic mass is 9.97. The van der Waals surface area contributed by atoms with Crippen LogP contribution in [0.2, 0.25) is 0 Å². The van der Waals surface area contributed by atoms with E-state index in [-0.39, 0.29) is 29.6 Å². The van der Waals surface area contributed by atoms with E-state index in [1.165, 1.54) is 4.31 Å². The maximum absolute atomic E-state index is 13.1. The summed E-state index contributed by atoms with van der Waals surface area (Å²) in [6.45, 7) is 2.16. The highest BCUT2D eigenvalue weighted by Gasteiger charge is 2.39. The number of anilines is 1. The van der Waals surface area contributed by atoms with Crippen LogP contribution in [0.25, 0.3) is 10.8 Å². The number of ether oxygens (including phenoxy) is 2. The molecule has 2 aromatic carbocycles. The molecule has 2 aromatic rings. The highest BCUT2D eigenvalue weighted by atomic mass is 32.2. The molecule has 1 atom stereocenters. The van der Waals surface area contributed by atoms with E-state index in [1.54, 1.807) is 23.1 Å². The molecule has 0 bridgehead atoms. The van der Waals surface area contributed by atoms with Crippen LogP contribution in [0.1, 0.15) is 12.8 Å². The van der Waals surface area contributed by atoms with Gasteiger partial charge in [0.15, 0.2) is 6.29 Å². The number of piperidine rings is 1. The fourth-order valence-electron chi connectivity index (χ4n) is 4.46. The molecule has 0 N–H and O–H groups in total. The molecule has 1 unspecified atom stereocenters. The van der Waals surface area contributed by atoms with E-state index in [1.807, 2.05) is 18.2 Å². The van der Waals surface area contributed by atoms with Gasteiger partial charge in [-0.15, -0.1) is 0 Å². The normalized spacial score (nSPS) is 24.2. The zero-order valence-corrected chi connectivity index (χ0v) is 16.2. The van der Waals surface area contributed by atoms with Crippen molar-refractivity contribution >= 4 is 32.4 Å². The van der Waals surface area contributed by atoms with Crippen LogP contribution in [0.4, 0.5) is 5.69 Å². The lowest BCUT2D eigenvalue weighted by Crippen LogP contribution is -2.48. The zero-order valence-electron chi connectivity index (χ0n) is 15.4. The van der Waals surface area contributed by atoms with Crippen molar-refractivity contribution in [1.29, 1.82) is 0 Å². The topological polar surface area (TPSA) is 76.2 Å². The smallest absolute Gasteiger partial charge is 0.265 e. The Hall–Kier alpha value is -2.16. The number of carbonyl (C=O) groups excluding carboxylic acids is 1. The second kappa shape index (κ2) is 6.72. The Labute approximate surface area is 163 Å². The largest absolute Gasteiger partial charge is 0.350 e. The standard InChI is InChI=1S/C20H22N2O5S/c23-18(21-9-3-6-15(12-21)20-26-10-11-27-20)13-22-16-7-1-4-14-5-2-8-17(19(14)16)28(22,24)25/h1-2,4-5,7-8,15,20H,3,6,9-13H2. The number of benzene rings is 2. The van der Waals surface area contributed by atoms with Crippen LogP contribution in [0, 0.1) is 5.92 Å². The van der Waals surface area contributed by atoms with Crippen molar-refractivity contribution in [3.63, 3.8) is 0 Å². The summed E-state index contributed by atoms with van der Waals surface area (Å²) in [4.78, 5) is 15.0. The molecule has 8 heteroatoms. The molecule has 0 saturated carbocycles. The minimum atomic E-state index is -3.72. The van der Waals surface area contributed by atoms with Gasteiger partial charge in [0.05, 0.1) is 23.8 Å². The Morgan fingerprint density at radius 1 is 1.11 bits per heavy atom. The Kier molecular flexibility index (Phi) is 4.30. The van der Waals surface area contributed by atoms with Crippen molar-refractivity contribution in [3.05, 3.63) is 36.4 Å². The summed E-state index contributed by atoms with van der Waals surface area (Å²) < 4.78 is 38.6. The molecule has 0 aromatic heterocycles. The summed E-state index contributed by atoms with van der Waals surface area (Å²) in [6, 6.07) is 10.7. The summed E-state index contributed by atoms with van der Waals surface area (Å²) in [6.07, 6.45) is 1.55. The highest BCUT2D eigenvalue weighted by Crippen LogP contribution is 2.41. The van der Waals surface area contributed by atoms with Crippen LogP contribution in [-0.2, 0) is 24.3 Å². The Balaban J connectivity index is 1.39. The van der Waals surface area contributed by atoms with E-state index in [0.717, 1.165) is 18.2 Å². The molecule has 0 spiro atoms. The second-order valence-electron chi connectivity index (χ2n) is 7.50. The van der Waals surface area contributed by atoms with Gasteiger partial charge in [0.2, 0.25) is 5.91 Å². The van der Waals surface area contributed by atoms with Crippen LogP contribution in [-0.4, -0.2) is 58.4 Å². The van der Waals surface area contributed by atoms with Gasteiger partial charge < -0.3 is 14.4 Å². The van der Waals surface area contributed by atoms with E-state index in [0.29, 0.717) is 37.4 Å². The van der Waals surface area contributed by atoms with Gasteiger partial charge in [-0.3, -0.25) is 9.10 Å². The van der Waals surface area contributed by atoms with E-state index in [9.17, 15) is 13.2 Å². The van der Waals surface area contributed by atoms with Gasteiger partial charge in [-0.2, -0.15) is 0 Å². The predicted octanol–water partition coefficient (Wildman–Crippen LogP) is 1.96. The number of carbonyl (C=O) groups is 1. The highest BCUT2D eigenvalue weighted by molar-refractivity contribution is 7.93. The van der Waals surface area contributed by atoms with Gasteiger partial charge in [-0.1, -0.05) is 24.3 Å². The van der Waals surface area contributed by atoms with E-state index in [4.69, 9.17) is 9.47 Å². The second-order valence-corrected chi connectivity index (χ2v) is 9.33. The van der Waals surface area contributed by atoms with Crippen molar-refractivity contribution < 1.29 is 22.7 Å². The minimum absolute atomic E-state index is 0.135. The third-order valence-corrected chi connectivity index (χ3v) is 7.61. The number of nitrogens with zero attached hydrogens (tertiary/aromatic N) is 2. The van der Waals surface area contributed by atoms with Gasteiger partial charge >= 0.3 is 0 Å². The summed E-state index contributed by atoms with van der Waals surface area (Å²) in [5, 5.41) is 1.56. The number of hydrogen-bond donors (Lipinski definition) is 0. The molecular formula is C20H22N2O5S. The van der Waals surface area contributed by atoms with Gasteiger partial charge in [0.1, 0.15) is 6.54 Å². The maximum atomic E-state index is 13.1. The zero-order chi connectivity index (χ0) is 19.3. The monoisotopic (exact) mass is 402 g/mol. The third-order valence-electron chi connectivity index (χ3n) is 5.80. The van der Waals surface area contributed by atoms with Gasteiger partial charge in [-0.25, -0.2) is 8.42 Å². The summed E-state index contributed by atoms with van der Waals surface area (Å²) in [7, 11) is -3.72. The third kappa shape index (κ3) is 2.78. The first-order valence-corrected chi connectivity index (χ1v) is 11.1. The van der Waals surface area contributed by atoms with Gasteiger partial charge in [0, 0.05) is 24.4 Å². The molecule has 148 valence electrons. The van der Waals surface area contributed by atoms with Crippen molar-refractivity contribution in [2.24, 2.45) is 5.92 Å². The molecule has 2 fully saturated rings. The molecule has 1 amide bonds. The van der Waals surface area contributed by atoms with Crippen LogP contribution in [0.15, 0.2) is 41.3 Å². The number of likely N-dealkylation sites (tertiary alicyclic amines) is 1. The Morgan fingerprint density at radius 3 is 2.64 bits per heavy atom. The SMILES string of the molecule is O=C(CN1c2cccc3cccc(c23)S1(=O)=O)N1CCCC(C2OCCO2)C1. The van der Waals surface area contributed by atoms with Crippen molar-refractivity contribution in [3.8, 4) is 0 Å². The lowest BCUT2D eigenvalue weighted by Gasteiger charge is -2.35. The van der Waals surface area contributed by atoms with Crippen molar-refractivity contribution in [1.82, 2.24) is 4.90 Å². The van der Waals surface area contributed by atoms with Crippen LogP contribution in [0.3, 0.4) is 0 Å². The number of hydrogen-bond acceptors (Lipinski definition) is 5. The molecule has 5 rings (SSSR count). The first kappa shape index (κ1) is 17.9. The van der Waals surface area contributed by atoms with Crippen molar-refractivity contribution in [2.75, 3.05) is 37.2 Å². The number of rotatable bonds is 3. The molecule has 0 aliphatic carbocycles. The fraction of sp³-hybridized carbons (Fsp3) is 0.450. The predicted molar refractivity (Wildman–Crippen MR) is 103 cm³/mol. The minimum Gasteiger partial charge on any atom is -0.350 e. The number of amides is 1. The van der Waals surface area contributed by atoms with Crippen LogP contribution < -0.4 is 4.31 Å². The Morgan fingerprint density at radius 2 is 1.86 bits per heavy atom. The molecule has 3 heterocycles. The van der Waals surface area contributed by atoms with E-state index in [2.05, 4.69) is 0 Å². The first-order valence-electron chi connectivity index (χ1n) is 9.61. The molecular weight excluding hydrogens is 380 g/mol. The average molecular weight is 402 g/mol. The lowest BCUT2D eigenvalue weighted by molar-refractivity contribution is -0.137. The molecule has 2 saturated heterocycles. The number of sulfonamides is 1. The van der Waals surface area contributed by atoms with E-state index < -0.39 is 10.0 Å². The average Bonchev–Trinajstić information content (AvgIpc) is 3.32. The van der Waals surface area contributed by atoms with Gasteiger partial charge in [0.25, 0.3) is 10.0 Å². The molecule has 0 radical (unpaired) electrons. The molecule has 7 nitrogen and oxygen atoms in total. The first-order chi connectivity index (χ1) is 13.6. The maximum Gasteiger partial charge on any atom is 0.265 e. The summed E-state index contributed by atoms with van der Waals surface area (Å²) >= 11 is 0. The molecule has 28 heavy (non-hydrogen) atoms. The summed E-state index contributed by atoms with van der Waals surface area (Å²) in [5.41, 5.74) is 0.581. The van der Waals surface area contributed by atoms with Gasteiger partial charge in [-0.05, 0) is 30.4 Å². The summed E-state index contributed by atoms with van der Waals surface area (Å²) in [5.74, 6) is -0.0490. The fourth-order valence-corrected chi connectivity index (χ4v) is 6.12.